The van der Waals surface area contributed by atoms with E-state index in [4.69, 9.17) is 10.5 Å². The summed E-state index contributed by atoms with van der Waals surface area (Å²) in [7, 11) is 0. The van der Waals surface area contributed by atoms with Crippen LogP contribution in [0.15, 0.2) is 0 Å². The zero-order valence-electron chi connectivity index (χ0n) is 10.1. The minimum Gasteiger partial charge on any atom is -0.487 e. The maximum Gasteiger partial charge on any atom is 0.197 e. The molecule has 1 aliphatic heterocycles. The van der Waals surface area contributed by atoms with Gasteiger partial charge in [0.15, 0.2) is 16.6 Å². The first-order chi connectivity index (χ1) is 7.63. The van der Waals surface area contributed by atoms with Crippen molar-refractivity contribution in [3.05, 3.63) is 0 Å². The maximum atomic E-state index is 5.81. The van der Waals surface area contributed by atoms with Gasteiger partial charge in [-0.3, -0.25) is 0 Å². The normalized spacial score (nSPS) is 25.1. The van der Waals surface area contributed by atoms with E-state index < -0.39 is 0 Å². The molecule has 16 heavy (non-hydrogen) atoms. The van der Waals surface area contributed by atoms with Gasteiger partial charge in [0.25, 0.3) is 0 Å². The van der Waals surface area contributed by atoms with Crippen LogP contribution >= 0.6 is 11.5 Å². The van der Waals surface area contributed by atoms with E-state index in [1.807, 2.05) is 6.92 Å². The van der Waals surface area contributed by atoms with Crippen LogP contribution in [0.5, 0.6) is 5.75 Å². The Morgan fingerprint density at radius 3 is 2.62 bits per heavy atom. The monoisotopic (exact) mass is 241 g/mol. The van der Waals surface area contributed by atoms with Crippen LogP contribution in [0.2, 0.25) is 0 Å². The summed E-state index contributed by atoms with van der Waals surface area (Å²) in [6.07, 6.45) is 0. The molecule has 2 heterocycles. The summed E-state index contributed by atoms with van der Waals surface area (Å²) in [5, 5.41) is 1.09. The highest BCUT2D eigenvalue weighted by Crippen LogP contribution is 2.41. The third-order valence-electron chi connectivity index (χ3n) is 3.22. The van der Waals surface area contributed by atoms with Gasteiger partial charge < -0.3 is 15.4 Å². The first-order valence-corrected chi connectivity index (χ1v) is 6.53. The molecule has 0 radical (unpaired) electrons. The molecule has 2 unspecified atom stereocenters. The summed E-state index contributed by atoms with van der Waals surface area (Å²) in [4.78, 5) is 2.34. The molecule has 1 fully saturated rings. The maximum absolute atomic E-state index is 5.81. The van der Waals surface area contributed by atoms with Crippen molar-refractivity contribution < 1.29 is 4.74 Å². The fourth-order valence-corrected chi connectivity index (χ4v) is 2.84. The highest BCUT2D eigenvalue weighted by atomic mass is 32.1. The summed E-state index contributed by atoms with van der Waals surface area (Å²) >= 11 is 1.44. The third-order valence-corrected chi connectivity index (χ3v) is 4.13. The Balaban J connectivity index is 2.21. The molecule has 90 valence electrons. The molecule has 2 N–H and O–H groups in total. The van der Waals surface area contributed by atoms with Crippen LogP contribution in [0.25, 0.3) is 0 Å². The number of aromatic nitrogens is 1. The van der Waals surface area contributed by atoms with Crippen LogP contribution in [0, 0.1) is 11.8 Å². The van der Waals surface area contributed by atoms with Crippen molar-refractivity contribution in [2.75, 3.05) is 30.3 Å². The molecule has 0 saturated carbocycles. The van der Waals surface area contributed by atoms with Crippen molar-refractivity contribution in [2.24, 2.45) is 11.8 Å². The molecule has 0 aromatic carbocycles. The lowest BCUT2D eigenvalue weighted by atomic mass is 10.0. The fraction of sp³-hybridized carbons (Fsp3) is 0.727. The SMILES string of the molecule is CCOc1c(N)nsc1N1CC(C)C(C)C1. The van der Waals surface area contributed by atoms with Crippen LogP contribution in [0.1, 0.15) is 20.8 Å². The van der Waals surface area contributed by atoms with E-state index in [0.29, 0.717) is 12.4 Å². The van der Waals surface area contributed by atoms with Gasteiger partial charge in [0.2, 0.25) is 0 Å². The van der Waals surface area contributed by atoms with Crippen molar-refractivity contribution in [1.82, 2.24) is 4.37 Å². The van der Waals surface area contributed by atoms with Gasteiger partial charge in [0.1, 0.15) is 0 Å². The molecule has 0 spiro atoms. The molecule has 1 aliphatic rings. The number of ether oxygens (including phenoxy) is 1. The van der Waals surface area contributed by atoms with Gasteiger partial charge in [-0.05, 0) is 30.3 Å². The lowest BCUT2D eigenvalue weighted by Crippen LogP contribution is -2.19. The molecule has 2 rings (SSSR count). The molecule has 1 aromatic heterocycles. The standard InChI is InChI=1S/C11H19N3OS/c1-4-15-9-10(12)13-16-11(9)14-5-7(2)8(3)6-14/h7-8H,4-6H2,1-3H3,(H2,12,13). The van der Waals surface area contributed by atoms with Gasteiger partial charge in [0.05, 0.1) is 6.61 Å². The number of hydrogen-bond donors (Lipinski definition) is 1. The predicted molar refractivity (Wildman–Crippen MR) is 68.2 cm³/mol. The molecule has 5 heteroatoms. The fourth-order valence-electron chi connectivity index (χ4n) is 2.06. The number of nitrogens with two attached hydrogens (primary N) is 1. The van der Waals surface area contributed by atoms with Gasteiger partial charge in [-0.15, -0.1) is 0 Å². The average molecular weight is 241 g/mol. The van der Waals surface area contributed by atoms with E-state index in [0.717, 1.165) is 35.7 Å². The number of rotatable bonds is 3. The van der Waals surface area contributed by atoms with Crippen LogP contribution in [0.4, 0.5) is 10.8 Å². The zero-order chi connectivity index (χ0) is 11.7. The molecule has 0 aliphatic carbocycles. The van der Waals surface area contributed by atoms with Crippen LogP contribution in [-0.4, -0.2) is 24.1 Å². The van der Waals surface area contributed by atoms with Crippen LogP contribution in [0.3, 0.4) is 0 Å². The van der Waals surface area contributed by atoms with Crippen molar-refractivity contribution in [3.8, 4) is 5.75 Å². The molecular weight excluding hydrogens is 222 g/mol. The second-order valence-corrected chi connectivity index (χ2v) is 5.25. The molecule has 0 amide bonds. The van der Waals surface area contributed by atoms with Crippen LogP contribution < -0.4 is 15.4 Å². The first kappa shape index (κ1) is 11.5. The topological polar surface area (TPSA) is 51.4 Å². The summed E-state index contributed by atoms with van der Waals surface area (Å²) in [5.74, 6) is 2.73. The van der Waals surface area contributed by atoms with Gasteiger partial charge in [-0.25, -0.2) is 0 Å². The Morgan fingerprint density at radius 2 is 2.06 bits per heavy atom. The second-order valence-electron chi connectivity index (χ2n) is 4.49. The largest absolute Gasteiger partial charge is 0.487 e. The molecule has 1 aromatic rings. The van der Waals surface area contributed by atoms with Crippen molar-refractivity contribution in [3.63, 3.8) is 0 Å². The number of anilines is 2. The average Bonchev–Trinajstić information content (AvgIpc) is 2.74. The number of hydrogen-bond acceptors (Lipinski definition) is 5. The molecular formula is C11H19N3OS. The summed E-state index contributed by atoms with van der Waals surface area (Å²) in [6, 6.07) is 0. The van der Waals surface area contributed by atoms with Gasteiger partial charge in [-0.2, -0.15) is 4.37 Å². The highest BCUT2D eigenvalue weighted by Gasteiger charge is 2.30. The van der Waals surface area contributed by atoms with Crippen LogP contribution in [-0.2, 0) is 0 Å². The van der Waals surface area contributed by atoms with Crippen molar-refractivity contribution in [2.45, 2.75) is 20.8 Å². The van der Waals surface area contributed by atoms with E-state index in [1.54, 1.807) is 0 Å². The molecule has 4 nitrogen and oxygen atoms in total. The first-order valence-electron chi connectivity index (χ1n) is 5.76. The second kappa shape index (κ2) is 4.49. The smallest absolute Gasteiger partial charge is 0.197 e. The Kier molecular flexibility index (Phi) is 3.23. The highest BCUT2D eigenvalue weighted by molar-refractivity contribution is 7.11. The summed E-state index contributed by atoms with van der Waals surface area (Å²) in [6.45, 7) is 9.32. The van der Waals surface area contributed by atoms with Crippen molar-refractivity contribution >= 4 is 22.4 Å². The number of nitrogens with zero attached hydrogens (tertiary/aromatic N) is 2. The minimum atomic E-state index is 0.522. The van der Waals surface area contributed by atoms with E-state index in [1.165, 1.54) is 11.5 Å². The van der Waals surface area contributed by atoms with Gasteiger partial charge in [-0.1, -0.05) is 13.8 Å². The lowest BCUT2D eigenvalue weighted by Gasteiger charge is -2.17. The Hall–Kier alpha value is -0.970. The van der Waals surface area contributed by atoms with E-state index in [-0.39, 0.29) is 0 Å². The predicted octanol–water partition coefficient (Wildman–Crippen LogP) is 2.22. The van der Waals surface area contributed by atoms with E-state index in [2.05, 4.69) is 23.1 Å². The molecule has 0 bridgehead atoms. The molecule has 1 saturated heterocycles. The Bertz CT molecular complexity index is 356. The van der Waals surface area contributed by atoms with Gasteiger partial charge >= 0.3 is 0 Å². The third kappa shape index (κ3) is 1.96. The van der Waals surface area contributed by atoms with E-state index >= 15 is 0 Å². The lowest BCUT2D eigenvalue weighted by molar-refractivity contribution is 0.343. The quantitative estimate of drug-likeness (QED) is 0.881. The van der Waals surface area contributed by atoms with Crippen molar-refractivity contribution in [1.29, 1.82) is 0 Å². The summed E-state index contributed by atoms with van der Waals surface area (Å²) in [5.41, 5.74) is 5.81. The Labute approximate surface area is 101 Å². The molecule has 2 atom stereocenters. The number of nitrogen functional groups attached to an aromatic ring is 1. The Morgan fingerprint density at radius 1 is 1.44 bits per heavy atom. The minimum absolute atomic E-state index is 0.522. The van der Waals surface area contributed by atoms with E-state index in [9.17, 15) is 0 Å². The van der Waals surface area contributed by atoms with Gasteiger partial charge in [0, 0.05) is 13.1 Å². The zero-order valence-corrected chi connectivity index (χ0v) is 10.9. The summed E-state index contributed by atoms with van der Waals surface area (Å²) < 4.78 is 9.75.